The van der Waals surface area contributed by atoms with Crippen molar-refractivity contribution in [3.63, 3.8) is 0 Å². The molecule has 0 heterocycles. The van der Waals surface area contributed by atoms with Gasteiger partial charge >= 0.3 is 0 Å². The number of carbonyl (C=O) groups is 2. The van der Waals surface area contributed by atoms with E-state index in [1.807, 2.05) is 0 Å². The summed E-state index contributed by atoms with van der Waals surface area (Å²) < 4.78 is 13.0. The van der Waals surface area contributed by atoms with E-state index < -0.39 is 0 Å². The average Bonchev–Trinajstić information content (AvgIpc) is 2.46. The van der Waals surface area contributed by atoms with Crippen molar-refractivity contribution in [2.75, 3.05) is 17.2 Å². The molecule has 21 heavy (non-hydrogen) atoms. The van der Waals surface area contributed by atoms with Gasteiger partial charge in [-0.15, -0.1) is 0 Å². The summed E-state index contributed by atoms with van der Waals surface area (Å²) in [7, 11) is 0. The van der Waals surface area contributed by atoms with E-state index in [0.29, 0.717) is 16.9 Å². The normalized spacial score (nSPS) is 10.0. The number of Topliss-reactive ketones (excluding diaryl/α,β-unsaturated/α-hetero) is 1. The number of hydrogen-bond donors (Lipinski definition) is 2. The van der Waals surface area contributed by atoms with E-state index in [2.05, 4.69) is 10.6 Å². The molecular weight excluding hydrogens is 271 g/mol. The number of carbonyl (C=O) groups excluding carboxylic acids is 2. The summed E-state index contributed by atoms with van der Waals surface area (Å²) in [4.78, 5) is 22.9. The minimum Gasteiger partial charge on any atom is -0.376 e. The molecule has 2 aromatic rings. The van der Waals surface area contributed by atoms with E-state index in [4.69, 9.17) is 0 Å². The number of ketones is 1. The number of amides is 1. The molecule has 5 heteroatoms. The molecule has 0 atom stereocenters. The minimum absolute atomic E-state index is 0.0257. The van der Waals surface area contributed by atoms with Gasteiger partial charge in [0.2, 0.25) is 5.91 Å². The highest BCUT2D eigenvalue weighted by Gasteiger charge is 2.04. The molecule has 1 amide bonds. The highest BCUT2D eigenvalue weighted by Crippen LogP contribution is 2.11. The van der Waals surface area contributed by atoms with Gasteiger partial charge < -0.3 is 10.6 Å². The van der Waals surface area contributed by atoms with Crippen molar-refractivity contribution in [2.24, 2.45) is 0 Å². The van der Waals surface area contributed by atoms with Crippen molar-refractivity contribution in [3.8, 4) is 0 Å². The zero-order chi connectivity index (χ0) is 15.2. The lowest BCUT2D eigenvalue weighted by molar-refractivity contribution is -0.114. The van der Waals surface area contributed by atoms with Crippen LogP contribution in [-0.2, 0) is 4.79 Å². The number of rotatable bonds is 5. The van der Waals surface area contributed by atoms with Crippen LogP contribution < -0.4 is 10.6 Å². The highest BCUT2D eigenvalue weighted by atomic mass is 19.1. The van der Waals surface area contributed by atoms with Crippen LogP contribution in [0.4, 0.5) is 15.8 Å². The Kier molecular flexibility index (Phi) is 4.66. The van der Waals surface area contributed by atoms with Crippen LogP contribution in [-0.4, -0.2) is 18.2 Å². The molecular formula is C16H15FN2O2. The average molecular weight is 286 g/mol. The van der Waals surface area contributed by atoms with Gasteiger partial charge in [0, 0.05) is 16.9 Å². The van der Waals surface area contributed by atoms with Gasteiger partial charge in [-0.05, 0) is 49.4 Å². The lowest BCUT2D eigenvalue weighted by Gasteiger charge is -2.08. The zero-order valence-electron chi connectivity index (χ0n) is 11.5. The number of nitrogens with one attached hydrogen (secondary N) is 2. The van der Waals surface area contributed by atoms with E-state index in [-0.39, 0.29) is 24.1 Å². The standard InChI is InChI=1S/C16H15FN2O2/c1-11(20)12-5-7-14(8-6-12)19-16(21)10-18-15-4-2-3-13(17)9-15/h2-9,18H,10H2,1H3,(H,19,21). The second-order valence-electron chi connectivity index (χ2n) is 4.55. The molecule has 2 N–H and O–H groups in total. The first kappa shape index (κ1) is 14.7. The number of benzene rings is 2. The first-order valence-corrected chi connectivity index (χ1v) is 6.45. The predicted molar refractivity (Wildman–Crippen MR) is 80.0 cm³/mol. The topological polar surface area (TPSA) is 58.2 Å². The second kappa shape index (κ2) is 6.65. The summed E-state index contributed by atoms with van der Waals surface area (Å²) in [5.41, 5.74) is 1.73. The predicted octanol–water partition coefficient (Wildman–Crippen LogP) is 3.08. The van der Waals surface area contributed by atoms with Crippen LogP contribution in [0.1, 0.15) is 17.3 Å². The van der Waals surface area contributed by atoms with Gasteiger partial charge in [0.15, 0.2) is 5.78 Å². The summed E-state index contributed by atoms with van der Waals surface area (Å²) in [5, 5.41) is 5.52. The molecule has 0 saturated heterocycles. The van der Waals surface area contributed by atoms with Crippen molar-refractivity contribution in [1.29, 1.82) is 0 Å². The monoisotopic (exact) mass is 286 g/mol. The third kappa shape index (κ3) is 4.42. The Morgan fingerprint density at radius 1 is 1.05 bits per heavy atom. The van der Waals surface area contributed by atoms with Gasteiger partial charge in [-0.1, -0.05) is 6.07 Å². The molecule has 0 fully saturated rings. The van der Waals surface area contributed by atoms with Crippen LogP contribution in [0.2, 0.25) is 0 Å². The van der Waals surface area contributed by atoms with Crippen LogP contribution in [0.3, 0.4) is 0 Å². The van der Waals surface area contributed by atoms with Crippen LogP contribution in [0.15, 0.2) is 48.5 Å². The molecule has 108 valence electrons. The van der Waals surface area contributed by atoms with Crippen molar-refractivity contribution >= 4 is 23.1 Å². The molecule has 0 aliphatic carbocycles. The third-order valence-corrected chi connectivity index (χ3v) is 2.85. The maximum atomic E-state index is 13.0. The first-order chi connectivity index (χ1) is 10.0. The number of anilines is 2. The summed E-state index contributed by atoms with van der Waals surface area (Å²) in [6.07, 6.45) is 0. The quantitative estimate of drug-likeness (QED) is 0.830. The van der Waals surface area contributed by atoms with Crippen LogP contribution in [0.5, 0.6) is 0 Å². The molecule has 0 aliphatic rings. The Labute approximate surface area is 122 Å². The van der Waals surface area contributed by atoms with Crippen LogP contribution >= 0.6 is 0 Å². The van der Waals surface area contributed by atoms with Gasteiger partial charge in [-0.3, -0.25) is 9.59 Å². The molecule has 2 rings (SSSR count). The molecule has 0 spiro atoms. The fraction of sp³-hybridized carbons (Fsp3) is 0.125. The molecule has 0 aromatic heterocycles. The van der Waals surface area contributed by atoms with Crippen molar-refractivity contribution in [3.05, 3.63) is 59.9 Å². The Hall–Kier alpha value is -2.69. The van der Waals surface area contributed by atoms with Crippen molar-refractivity contribution in [1.82, 2.24) is 0 Å². The first-order valence-electron chi connectivity index (χ1n) is 6.45. The fourth-order valence-electron chi connectivity index (χ4n) is 1.77. The summed E-state index contributed by atoms with van der Waals surface area (Å²) >= 11 is 0. The van der Waals surface area contributed by atoms with E-state index in [1.54, 1.807) is 36.4 Å². The Morgan fingerprint density at radius 3 is 2.38 bits per heavy atom. The van der Waals surface area contributed by atoms with E-state index >= 15 is 0 Å². The van der Waals surface area contributed by atoms with Gasteiger partial charge in [0.1, 0.15) is 5.82 Å². The lowest BCUT2D eigenvalue weighted by Crippen LogP contribution is -2.21. The summed E-state index contributed by atoms with van der Waals surface area (Å²) in [6.45, 7) is 1.51. The molecule has 4 nitrogen and oxygen atoms in total. The third-order valence-electron chi connectivity index (χ3n) is 2.85. The lowest BCUT2D eigenvalue weighted by atomic mass is 10.1. The van der Waals surface area contributed by atoms with Crippen LogP contribution in [0, 0.1) is 5.82 Å². The maximum absolute atomic E-state index is 13.0. The summed E-state index contributed by atoms with van der Waals surface area (Å²) in [5.74, 6) is -0.643. The van der Waals surface area contributed by atoms with Gasteiger partial charge in [0.25, 0.3) is 0 Å². The molecule has 2 aromatic carbocycles. The van der Waals surface area contributed by atoms with Gasteiger partial charge in [0.05, 0.1) is 6.54 Å². The number of hydrogen-bond acceptors (Lipinski definition) is 3. The van der Waals surface area contributed by atoms with Crippen molar-refractivity contribution in [2.45, 2.75) is 6.92 Å². The molecule has 0 radical (unpaired) electrons. The Balaban J connectivity index is 1.88. The molecule has 0 bridgehead atoms. The minimum atomic E-state index is -0.361. The highest BCUT2D eigenvalue weighted by molar-refractivity contribution is 5.96. The van der Waals surface area contributed by atoms with Gasteiger partial charge in [-0.2, -0.15) is 0 Å². The smallest absolute Gasteiger partial charge is 0.243 e. The largest absolute Gasteiger partial charge is 0.376 e. The fourth-order valence-corrected chi connectivity index (χ4v) is 1.77. The zero-order valence-corrected chi connectivity index (χ0v) is 11.5. The molecule has 0 unspecified atom stereocenters. The summed E-state index contributed by atoms with van der Waals surface area (Å²) in [6, 6.07) is 12.5. The molecule has 0 saturated carbocycles. The SMILES string of the molecule is CC(=O)c1ccc(NC(=O)CNc2cccc(F)c2)cc1. The van der Waals surface area contributed by atoms with E-state index in [1.165, 1.54) is 19.1 Å². The molecule has 0 aliphatic heterocycles. The number of halogens is 1. The Bertz CT molecular complexity index is 654. The van der Waals surface area contributed by atoms with Gasteiger partial charge in [-0.25, -0.2) is 4.39 Å². The Morgan fingerprint density at radius 2 is 1.76 bits per heavy atom. The van der Waals surface area contributed by atoms with Crippen LogP contribution in [0.25, 0.3) is 0 Å². The second-order valence-corrected chi connectivity index (χ2v) is 4.55. The van der Waals surface area contributed by atoms with E-state index in [9.17, 15) is 14.0 Å². The van der Waals surface area contributed by atoms with E-state index in [0.717, 1.165) is 0 Å². The maximum Gasteiger partial charge on any atom is 0.243 e. The van der Waals surface area contributed by atoms with Crippen molar-refractivity contribution < 1.29 is 14.0 Å².